The second-order valence-corrected chi connectivity index (χ2v) is 3.63. The van der Waals surface area contributed by atoms with E-state index in [0.29, 0.717) is 17.1 Å². The molecule has 2 atom stereocenters. The van der Waals surface area contributed by atoms with Crippen molar-refractivity contribution in [3.8, 4) is 11.5 Å². The van der Waals surface area contributed by atoms with E-state index in [9.17, 15) is 10.2 Å². The van der Waals surface area contributed by atoms with Gasteiger partial charge in [-0.1, -0.05) is 12.2 Å². The molecular weight excluding hydrogens is 196 g/mol. The molecule has 4 nitrogen and oxygen atoms in total. The molecule has 0 fully saturated rings. The molecule has 1 aromatic carbocycles. The molecule has 0 amide bonds. The Morgan fingerprint density at radius 2 is 1.87 bits per heavy atom. The summed E-state index contributed by atoms with van der Waals surface area (Å²) in [5, 5.41) is 19.2. The van der Waals surface area contributed by atoms with Crippen LogP contribution in [0.3, 0.4) is 0 Å². The fourth-order valence-electron chi connectivity index (χ4n) is 1.87. The number of aliphatic hydroxyl groups is 2. The molecule has 0 aromatic heterocycles. The van der Waals surface area contributed by atoms with Crippen LogP contribution < -0.4 is 9.47 Å². The Labute approximate surface area is 86.4 Å². The van der Waals surface area contributed by atoms with Crippen molar-refractivity contribution >= 4 is 6.08 Å². The van der Waals surface area contributed by atoms with Gasteiger partial charge in [0, 0.05) is 0 Å². The number of ether oxygens (including phenoxy) is 2. The van der Waals surface area contributed by atoms with Crippen molar-refractivity contribution in [1.29, 1.82) is 0 Å². The average molecular weight is 206 g/mol. The van der Waals surface area contributed by atoms with Crippen molar-refractivity contribution in [2.24, 2.45) is 0 Å². The molecule has 15 heavy (non-hydrogen) atoms. The highest BCUT2D eigenvalue weighted by atomic mass is 16.7. The van der Waals surface area contributed by atoms with E-state index in [4.69, 9.17) is 9.47 Å². The maximum atomic E-state index is 9.76. The zero-order valence-electron chi connectivity index (χ0n) is 7.88. The Morgan fingerprint density at radius 3 is 2.67 bits per heavy atom. The van der Waals surface area contributed by atoms with E-state index in [1.807, 2.05) is 6.07 Å². The highest BCUT2D eigenvalue weighted by Crippen LogP contribution is 2.39. The van der Waals surface area contributed by atoms with Crippen LogP contribution in [0.15, 0.2) is 18.2 Å². The molecule has 0 radical (unpaired) electrons. The van der Waals surface area contributed by atoms with Gasteiger partial charge in [-0.15, -0.1) is 0 Å². The molecule has 1 aliphatic heterocycles. The van der Waals surface area contributed by atoms with Crippen molar-refractivity contribution in [3.63, 3.8) is 0 Å². The highest BCUT2D eigenvalue weighted by molar-refractivity contribution is 5.64. The second kappa shape index (κ2) is 2.98. The van der Waals surface area contributed by atoms with Crippen LogP contribution in [-0.4, -0.2) is 23.1 Å². The Morgan fingerprint density at radius 1 is 1.13 bits per heavy atom. The number of fused-ring (bicyclic) bond motifs is 2. The first-order chi connectivity index (χ1) is 7.25. The molecule has 78 valence electrons. The molecule has 2 aliphatic rings. The Hall–Kier alpha value is -1.52. The largest absolute Gasteiger partial charge is 0.454 e. The number of hydrogen-bond donors (Lipinski definition) is 2. The minimum absolute atomic E-state index is 0.209. The standard InChI is InChI=1S/C11H10O4/c12-8-2-1-6-3-9-10(15-5-14-9)4-7(6)11(8)13/h1-4,8,11-13H,5H2/t8-,11+/m0/s1. The molecule has 0 saturated carbocycles. The fraction of sp³-hybridized carbons (Fsp3) is 0.273. The van der Waals surface area contributed by atoms with E-state index in [-0.39, 0.29) is 6.79 Å². The lowest BCUT2D eigenvalue weighted by atomic mass is 9.92. The van der Waals surface area contributed by atoms with E-state index in [1.165, 1.54) is 0 Å². The van der Waals surface area contributed by atoms with Gasteiger partial charge in [0.05, 0.1) is 0 Å². The minimum atomic E-state index is -0.889. The van der Waals surface area contributed by atoms with Gasteiger partial charge < -0.3 is 19.7 Å². The van der Waals surface area contributed by atoms with Gasteiger partial charge in [-0.05, 0) is 23.3 Å². The van der Waals surface area contributed by atoms with E-state index in [1.54, 1.807) is 18.2 Å². The summed E-state index contributed by atoms with van der Waals surface area (Å²) in [6, 6.07) is 3.53. The number of rotatable bonds is 0. The molecular formula is C11H10O4. The highest BCUT2D eigenvalue weighted by Gasteiger charge is 2.26. The first-order valence-electron chi connectivity index (χ1n) is 4.73. The summed E-state index contributed by atoms with van der Waals surface area (Å²) >= 11 is 0. The van der Waals surface area contributed by atoms with Gasteiger partial charge in [0.15, 0.2) is 11.5 Å². The van der Waals surface area contributed by atoms with Crippen LogP contribution in [0, 0.1) is 0 Å². The summed E-state index contributed by atoms with van der Waals surface area (Å²) in [7, 11) is 0. The van der Waals surface area contributed by atoms with Gasteiger partial charge in [0.2, 0.25) is 6.79 Å². The van der Waals surface area contributed by atoms with Crippen LogP contribution in [0.2, 0.25) is 0 Å². The van der Waals surface area contributed by atoms with Crippen molar-refractivity contribution in [2.75, 3.05) is 6.79 Å². The molecule has 1 heterocycles. The summed E-state index contributed by atoms with van der Waals surface area (Å²) in [4.78, 5) is 0. The molecule has 1 aliphatic carbocycles. The van der Waals surface area contributed by atoms with Gasteiger partial charge in [-0.25, -0.2) is 0 Å². The molecule has 3 rings (SSSR count). The van der Waals surface area contributed by atoms with E-state index in [0.717, 1.165) is 5.56 Å². The van der Waals surface area contributed by atoms with E-state index >= 15 is 0 Å². The maximum absolute atomic E-state index is 9.76. The average Bonchev–Trinajstić information content (AvgIpc) is 2.68. The summed E-state index contributed by atoms with van der Waals surface area (Å²) in [5.74, 6) is 1.30. The van der Waals surface area contributed by atoms with Gasteiger partial charge in [0.25, 0.3) is 0 Å². The topological polar surface area (TPSA) is 58.9 Å². The van der Waals surface area contributed by atoms with E-state index in [2.05, 4.69) is 0 Å². The molecule has 1 aromatic rings. The predicted octanol–water partition coefficient (Wildman–Crippen LogP) is 0.836. The number of benzene rings is 1. The lowest BCUT2D eigenvalue weighted by Crippen LogP contribution is -2.19. The Balaban J connectivity index is 2.15. The number of hydrogen-bond acceptors (Lipinski definition) is 4. The number of aliphatic hydroxyl groups excluding tert-OH is 2. The molecule has 0 saturated heterocycles. The zero-order chi connectivity index (χ0) is 10.4. The fourth-order valence-corrected chi connectivity index (χ4v) is 1.87. The van der Waals surface area contributed by atoms with E-state index < -0.39 is 12.2 Å². The van der Waals surface area contributed by atoms with Crippen LogP contribution in [0.4, 0.5) is 0 Å². The Kier molecular flexibility index (Phi) is 1.74. The normalized spacial score (nSPS) is 26.5. The van der Waals surface area contributed by atoms with Crippen LogP contribution >= 0.6 is 0 Å². The van der Waals surface area contributed by atoms with Crippen molar-refractivity contribution in [3.05, 3.63) is 29.3 Å². The predicted molar refractivity (Wildman–Crippen MR) is 52.6 cm³/mol. The molecule has 2 N–H and O–H groups in total. The maximum Gasteiger partial charge on any atom is 0.231 e. The summed E-state index contributed by atoms with van der Waals surface area (Å²) in [5.41, 5.74) is 1.53. The lowest BCUT2D eigenvalue weighted by molar-refractivity contribution is 0.0469. The first kappa shape index (κ1) is 8.76. The molecule has 4 heteroatoms. The third-order valence-corrected chi connectivity index (χ3v) is 2.69. The first-order valence-corrected chi connectivity index (χ1v) is 4.73. The lowest BCUT2D eigenvalue weighted by Gasteiger charge is -2.21. The van der Waals surface area contributed by atoms with Crippen molar-refractivity contribution in [2.45, 2.75) is 12.2 Å². The van der Waals surface area contributed by atoms with Gasteiger partial charge in [-0.2, -0.15) is 0 Å². The zero-order valence-corrected chi connectivity index (χ0v) is 7.88. The summed E-state index contributed by atoms with van der Waals surface area (Å²) in [6.07, 6.45) is 1.60. The van der Waals surface area contributed by atoms with Gasteiger partial charge in [0.1, 0.15) is 12.2 Å². The van der Waals surface area contributed by atoms with Crippen LogP contribution in [-0.2, 0) is 0 Å². The molecule has 0 bridgehead atoms. The third-order valence-electron chi connectivity index (χ3n) is 2.69. The minimum Gasteiger partial charge on any atom is -0.454 e. The molecule has 0 unspecified atom stereocenters. The summed E-state index contributed by atoms with van der Waals surface area (Å²) < 4.78 is 10.4. The van der Waals surface area contributed by atoms with Gasteiger partial charge >= 0.3 is 0 Å². The van der Waals surface area contributed by atoms with Gasteiger partial charge in [-0.3, -0.25) is 0 Å². The molecule has 0 spiro atoms. The smallest absolute Gasteiger partial charge is 0.231 e. The monoisotopic (exact) mass is 206 g/mol. The quantitative estimate of drug-likeness (QED) is 0.660. The Bertz CT molecular complexity index is 438. The van der Waals surface area contributed by atoms with Crippen molar-refractivity contribution < 1.29 is 19.7 Å². The van der Waals surface area contributed by atoms with Crippen LogP contribution in [0.25, 0.3) is 6.08 Å². The second-order valence-electron chi connectivity index (χ2n) is 3.63. The van der Waals surface area contributed by atoms with Crippen molar-refractivity contribution in [1.82, 2.24) is 0 Å². The SMILES string of the molecule is O[C@@H]1c2cc3c(cc2C=C[C@@H]1O)OCO3. The summed E-state index contributed by atoms with van der Waals surface area (Å²) in [6.45, 7) is 0.209. The van der Waals surface area contributed by atoms with Crippen LogP contribution in [0.5, 0.6) is 11.5 Å². The van der Waals surface area contributed by atoms with Crippen LogP contribution in [0.1, 0.15) is 17.2 Å². The third kappa shape index (κ3) is 1.22.